The van der Waals surface area contributed by atoms with Gasteiger partial charge in [-0.15, -0.1) is 0 Å². The van der Waals surface area contributed by atoms with Gasteiger partial charge in [0.1, 0.15) is 0 Å². The fourth-order valence-electron chi connectivity index (χ4n) is 3.83. The van der Waals surface area contributed by atoms with Crippen molar-refractivity contribution in [3.63, 3.8) is 0 Å². The Balaban J connectivity index is 1.57. The van der Waals surface area contributed by atoms with Gasteiger partial charge < -0.3 is 9.47 Å². The van der Waals surface area contributed by atoms with Crippen LogP contribution in [0.4, 0.5) is 4.39 Å². The van der Waals surface area contributed by atoms with Crippen LogP contribution in [0.3, 0.4) is 0 Å². The smallest absolute Gasteiger partial charge is 0.343 e. The molecule has 0 aliphatic rings. The maximum atomic E-state index is 13.7. The minimum Gasteiger partial charge on any atom is -0.462 e. The summed E-state index contributed by atoms with van der Waals surface area (Å²) in [7, 11) is 0. The number of ether oxygens (including phenoxy) is 2. The lowest BCUT2D eigenvalue weighted by molar-refractivity contribution is 0.0497. The number of benzene rings is 2. The first kappa shape index (κ1) is 27.6. The molecule has 0 atom stereocenters. The van der Waals surface area contributed by atoms with E-state index >= 15 is 0 Å². The molecule has 186 valence electrons. The molecule has 0 N–H and O–H groups in total. The van der Waals surface area contributed by atoms with E-state index in [1.807, 2.05) is 0 Å². The zero-order chi connectivity index (χ0) is 24.4. The third-order valence-electron chi connectivity index (χ3n) is 5.85. The molecule has 4 nitrogen and oxygen atoms in total. The lowest BCUT2D eigenvalue weighted by Crippen LogP contribution is -2.12. The average molecular weight is 471 g/mol. The summed E-state index contributed by atoms with van der Waals surface area (Å²) in [6.07, 6.45) is 16.4. The predicted molar refractivity (Wildman–Crippen MR) is 134 cm³/mol. The zero-order valence-corrected chi connectivity index (χ0v) is 20.5. The Morgan fingerprint density at radius 3 is 1.79 bits per heavy atom. The van der Waals surface area contributed by atoms with Crippen molar-refractivity contribution in [2.45, 2.75) is 90.4 Å². The number of rotatable bonds is 17. The highest BCUT2D eigenvalue weighted by Gasteiger charge is 2.14. The maximum Gasteiger partial charge on any atom is 0.343 e. The van der Waals surface area contributed by atoms with Crippen LogP contribution in [0.5, 0.6) is 5.75 Å². The predicted octanol–water partition coefficient (Wildman–Crippen LogP) is 8.29. The minimum absolute atomic E-state index is 0.150. The van der Waals surface area contributed by atoms with Gasteiger partial charge in [-0.25, -0.2) is 14.0 Å². The van der Waals surface area contributed by atoms with E-state index in [1.54, 1.807) is 18.2 Å². The van der Waals surface area contributed by atoms with Gasteiger partial charge in [0.25, 0.3) is 0 Å². The van der Waals surface area contributed by atoms with Crippen molar-refractivity contribution in [2.24, 2.45) is 0 Å². The number of hydrogen-bond acceptors (Lipinski definition) is 4. The van der Waals surface area contributed by atoms with Crippen LogP contribution in [-0.4, -0.2) is 18.5 Å². The van der Waals surface area contributed by atoms with Crippen molar-refractivity contribution in [3.05, 3.63) is 65.5 Å². The van der Waals surface area contributed by atoms with E-state index in [2.05, 4.69) is 6.92 Å². The summed E-state index contributed by atoms with van der Waals surface area (Å²) in [5.41, 5.74) is 0.441. The van der Waals surface area contributed by atoms with Crippen molar-refractivity contribution in [1.29, 1.82) is 0 Å². The van der Waals surface area contributed by atoms with Gasteiger partial charge in [-0.05, 0) is 36.8 Å². The molecule has 0 radical (unpaired) electrons. The largest absolute Gasteiger partial charge is 0.462 e. The van der Waals surface area contributed by atoms with Gasteiger partial charge in [0.15, 0.2) is 11.6 Å². The highest BCUT2D eigenvalue weighted by atomic mass is 19.1. The van der Waals surface area contributed by atoms with Crippen LogP contribution in [-0.2, 0) is 4.74 Å². The lowest BCUT2D eigenvalue weighted by atomic mass is 10.0. The van der Waals surface area contributed by atoms with Crippen LogP contribution in [0.25, 0.3) is 0 Å². The number of halogens is 1. The Hall–Kier alpha value is -2.69. The quantitative estimate of drug-likeness (QED) is 0.133. The van der Waals surface area contributed by atoms with E-state index in [0.717, 1.165) is 19.3 Å². The van der Waals surface area contributed by atoms with Gasteiger partial charge in [-0.2, -0.15) is 0 Å². The van der Waals surface area contributed by atoms with E-state index in [1.165, 1.54) is 94.5 Å². The SMILES string of the molecule is CCCCCCCCCCCCCCCOC(=O)c1cccc(C(=O)Oc2ccccc2F)c1. The van der Waals surface area contributed by atoms with Crippen LogP contribution in [0.15, 0.2) is 48.5 Å². The van der Waals surface area contributed by atoms with Crippen LogP contribution in [0.1, 0.15) is 111 Å². The molecule has 0 aliphatic carbocycles. The molecule has 0 unspecified atom stereocenters. The molecular formula is C29H39FO4. The highest BCUT2D eigenvalue weighted by molar-refractivity contribution is 5.96. The molecule has 0 aliphatic heterocycles. The fourth-order valence-corrected chi connectivity index (χ4v) is 3.83. The van der Waals surface area contributed by atoms with Gasteiger partial charge >= 0.3 is 11.9 Å². The Bertz CT molecular complexity index is 865. The van der Waals surface area contributed by atoms with Gasteiger partial charge in [-0.1, -0.05) is 102 Å². The standard InChI is InChI=1S/C29H39FO4/c1-2-3-4-5-6-7-8-9-10-11-12-13-16-22-33-28(31)24-18-17-19-25(23-24)29(32)34-27-21-15-14-20-26(27)30/h14-15,17-21,23H,2-13,16,22H2,1H3. The molecule has 0 saturated heterocycles. The number of carbonyl (C=O) groups is 2. The topological polar surface area (TPSA) is 52.6 Å². The highest BCUT2D eigenvalue weighted by Crippen LogP contribution is 2.18. The van der Waals surface area contributed by atoms with Crippen LogP contribution >= 0.6 is 0 Å². The van der Waals surface area contributed by atoms with Crippen LogP contribution in [0.2, 0.25) is 0 Å². The number of carbonyl (C=O) groups excluding carboxylic acids is 2. The van der Waals surface area contributed by atoms with Gasteiger partial charge in [0, 0.05) is 0 Å². The first-order valence-electron chi connectivity index (χ1n) is 12.9. The van der Waals surface area contributed by atoms with E-state index in [-0.39, 0.29) is 16.9 Å². The molecule has 0 heterocycles. The second-order valence-electron chi connectivity index (χ2n) is 8.78. The second-order valence-corrected chi connectivity index (χ2v) is 8.78. The van der Waals surface area contributed by atoms with E-state index in [9.17, 15) is 14.0 Å². The lowest BCUT2D eigenvalue weighted by Gasteiger charge is -2.08. The maximum absolute atomic E-state index is 13.7. The number of unbranched alkanes of at least 4 members (excludes halogenated alkanes) is 12. The molecule has 0 aromatic heterocycles. The van der Waals surface area contributed by atoms with Gasteiger partial charge in [0.2, 0.25) is 0 Å². The van der Waals surface area contributed by atoms with Crippen LogP contribution in [0, 0.1) is 5.82 Å². The van der Waals surface area contributed by atoms with Crippen LogP contribution < -0.4 is 4.74 Å². The summed E-state index contributed by atoms with van der Waals surface area (Å²) in [4.78, 5) is 24.6. The Morgan fingerprint density at radius 2 is 1.21 bits per heavy atom. The normalized spacial score (nSPS) is 10.8. The third kappa shape index (κ3) is 11.0. The van der Waals surface area contributed by atoms with Crippen molar-refractivity contribution in [1.82, 2.24) is 0 Å². The monoisotopic (exact) mass is 470 g/mol. The minimum atomic E-state index is -0.726. The zero-order valence-electron chi connectivity index (χ0n) is 20.5. The van der Waals surface area contributed by atoms with Crippen molar-refractivity contribution in [2.75, 3.05) is 6.61 Å². The summed E-state index contributed by atoms with van der Waals surface area (Å²) < 4.78 is 24.1. The molecule has 0 saturated carbocycles. The molecule has 5 heteroatoms. The van der Waals surface area contributed by atoms with Crippen molar-refractivity contribution >= 4 is 11.9 Å². The average Bonchev–Trinajstić information content (AvgIpc) is 2.85. The molecular weight excluding hydrogens is 431 g/mol. The van der Waals surface area contributed by atoms with E-state index in [0.29, 0.717) is 6.61 Å². The summed E-state index contributed by atoms with van der Waals surface area (Å²) in [5, 5.41) is 0. The fraction of sp³-hybridized carbons (Fsp3) is 0.517. The molecule has 0 bridgehead atoms. The molecule has 0 fully saturated rings. The number of para-hydroxylation sites is 1. The summed E-state index contributed by atoms with van der Waals surface area (Å²) in [6, 6.07) is 11.8. The number of hydrogen-bond donors (Lipinski definition) is 0. The van der Waals surface area contributed by atoms with Gasteiger partial charge in [-0.3, -0.25) is 0 Å². The molecule has 2 aromatic carbocycles. The van der Waals surface area contributed by atoms with Crippen molar-refractivity contribution < 1.29 is 23.5 Å². The third-order valence-corrected chi connectivity index (χ3v) is 5.85. The Labute approximate surface area is 203 Å². The Morgan fingerprint density at radius 1 is 0.676 bits per heavy atom. The first-order valence-corrected chi connectivity index (χ1v) is 12.9. The second kappa shape index (κ2) is 16.9. The van der Waals surface area contributed by atoms with Gasteiger partial charge in [0.05, 0.1) is 17.7 Å². The summed E-state index contributed by atoms with van der Waals surface area (Å²) >= 11 is 0. The number of esters is 2. The summed E-state index contributed by atoms with van der Waals surface area (Å²) in [5.74, 6) is -1.97. The Kier molecular flexibility index (Phi) is 13.7. The molecule has 2 rings (SSSR count). The van der Waals surface area contributed by atoms with E-state index < -0.39 is 17.8 Å². The van der Waals surface area contributed by atoms with E-state index in [4.69, 9.17) is 9.47 Å². The molecule has 0 spiro atoms. The van der Waals surface area contributed by atoms with Crippen molar-refractivity contribution in [3.8, 4) is 5.75 Å². The summed E-state index contributed by atoms with van der Waals surface area (Å²) in [6.45, 7) is 2.61. The molecule has 0 amide bonds. The molecule has 34 heavy (non-hydrogen) atoms. The first-order chi connectivity index (χ1) is 16.6. The molecule has 2 aromatic rings.